The van der Waals surface area contributed by atoms with Gasteiger partial charge >= 0.3 is 0 Å². The summed E-state index contributed by atoms with van der Waals surface area (Å²) in [5, 5.41) is -0.219. The Kier molecular flexibility index (Phi) is 1.92. The van der Waals surface area contributed by atoms with Gasteiger partial charge in [0.05, 0.1) is 0 Å². The van der Waals surface area contributed by atoms with Crippen molar-refractivity contribution in [3.63, 3.8) is 0 Å². The molecule has 0 saturated carbocycles. The average Bonchev–Trinajstić information content (AvgIpc) is 2.42. The topological polar surface area (TPSA) is 17.1 Å². The lowest BCUT2D eigenvalue weighted by Crippen LogP contribution is -2.23. The second-order valence-electron chi connectivity index (χ2n) is 3.96. The second-order valence-corrected chi connectivity index (χ2v) is 4.30. The first-order valence-electron chi connectivity index (χ1n) is 4.38. The summed E-state index contributed by atoms with van der Waals surface area (Å²) in [5.41, 5.74) is 2.16. The van der Waals surface area contributed by atoms with Crippen LogP contribution in [0.15, 0.2) is 24.3 Å². The van der Waals surface area contributed by atoms with E-state index in [0.29, 0.717) is 0 Å². The molecule has 1 aliphatic carbocycles. The average molecular weight is 195 g/mol. The number of fused-ring (bicyclic) bond motifs is 1. The molecule has 0 fully saturated rings. The maximum absolute atomic E-state index is 11.2. The Hall–Kier alpha value is -0.820. The van der Waals surface area contributed by atoms with E-state index < -0.39 is 0 Å². The first kappa shape index (κ1) is 8.76. The molecule has 0 radical (unpaired) electrons. The smallest absolute Gasteiger partial charge is 0.228 e. The van der Waals surface area contributed by atoms with Crippen molar-refractivity contribution >= 4 is 16.8 Å². The molecule has 1 aromatic carbocycles. The lowest BCUT2D eigenvalue weighted by molar-refractivity contribution is -0.119. The number of halogens is 1. The maximum Gasteiger partial charge on any atom is 0.228 e. The Morgan fingerprint density at radius 1 is 1.31 bits per heavy atom. The fourth-order valence-corrected chi connectivity index (χ4v) is 2.08. The highest BCUT2D eigenvalue weighted by Crippen LogP contribution is 2.38. The lowest BCUT2D eigenvalue weighted by atomic mass is 9.89. The van der Waals surface area contributed by atoms with Crippen molar-refractivity contribution in [2.45, 2.75) is 19.8 Å². The minimum atomic E-state index is -0.370. The first-order valence-corrected chi connectivity index (χ1v) is 4.76. The zero-order valence-corrected chi connectivity index (χ0v) is 8.27. The van der Waals surface area contributed by atoms with Crippen molar-refractivity contribution in [3.05, 3.63) is 35.4 Å². The molecule has 2 rings (SSSR count). The van der Waals surface area contributed by atoms with E-state index >= 15 is 0 Å². The van der Waals surface area contributed by atoms with Crippen LogP contribution in [0.3, 0.4) is 0 Å². The summed E-state index contributed by atoms with van der Waals surface area (Å²) in [6, 6.07) is 8.15. The molecule has 0 aliphatic heterocycles. The molecule has 0 N–H and O–H groups in total. The van der Waals surface area contributed by atoms with E-state index in [-0.39, 0.29) is 10.7 Å². The van der Waals surface area contributed by atoms with Crippen molar-refractivity contribution in [1.82, 2.24) is 0 Å². The molecule has 0 bridgehead atoms. The van der Waals surface area contributed by atoms with Gasteiger partial charge in [0.25, 0.3) is 0 Å². The highest BCUT2D eigenvalue weighted by atomic mass is 35.5. The van der Waals surface area contributed by atoms with E-state index in [1.165, 1.54) is 11.1 Å². The Labute approximate surface area is 82.7 Å². The van der Waals surface area contributed by atoms with Gasteiger partial charge in [0, 0.05) is 5.41 Å². The molecule has 0 amide bonds. The molecule has 1 aromatic rings. The van der Waals surface area contributed by atoms with Crippen molar-refractivity contribution in [1.29, 1.82) is 0 Å². The summed E-state index contributed by atoms with van der Waals surface area (Å²) in [6.45, 7) is 1.93. The summed E-state index contributed by atoms with van der Waals surface area (Å²) in [5.74, 6) is 0. The lowest BCUT2D eigenvalue weighted by Gasteiger charge is -2.16. The molecule has 68 valence electrons. The predicted octanol–water partition coefficient (Wildman–Crippen LogP) is 2.56. The fourth-order valence-electron chi connectivity index (χ4n) is 1.94. The van der Waals surface area contributed by atoms with Crippen molar-refractivity contribution in [2.24, 2.45) is 5.41 Å². The third kappa shape index (κ3) is 1.37. The summed E-state index contributed by atoms with van der Waals surface area (Å²) in [4.78, 5) is 11.2. The molecule has 2 heteroatoms. The third-order valence-electron chi connectivity index (χ3n) is 2.75. The van der Waals surface area contributed by atoms with E-state index in [2.05, 4.69) is 12.1 Å². The monoisotopic (exact) mass is 194 g/mol. The zero-order valence-electron chi connectivity index (χ0n) is 7.51. The zero-order chi connectivity index (χ0) is 9.47. The maximum atomic E-state index is 11.2. The molecule has 0 saturated heterocycles. The van der Waals surface area contributed by atoms with Crippen LogP contribution in [0.5, 0.6) is 0 Å². The summed E-state index contributed by atoms with van der Waals surface area (Å²) in [6.07, 6.45) is 1.57. The summed E-state index contributed by atoms with van der Waals surface area (Å²) < 4.78 is 0. The first-order chi connectivity index (χ1) is 6.12. The summed E-state index contributed by atoms with van der Waals surface area (Å²) in [7, 11) is 0. The number of carbonyl (C=O) groups excluding carboxylic acids is 1. The van der Waals surface area contributed by atoms with Crippen LogP contribution in [0.4, 0.5) is 0 Å². The van der Waals surface area contributed by atoms with Gasteiger partial charge in [-0.25, -0.2) is 0 Å². The van der Waals surface area contributed by atoms with Crippen molar-refractivity contribution in [3.8, 4) is 0 Å². The van der Waals surface area contributed by atoms with E-state index in [4.69, 9.17) is 11.6 Å². The van der Waals surface area contributed by atoms with Crippen LogP contribution in [0.1, 0.15) is 18.1 Å². The fraction of sp³-hybridized carbons (Fsp3) is 0.364. The van der Waals surface area contributed by atoms with Crippen LogP contribution >= 0.6 is 11.6 Å². The van der Waals surface area contributed by atoms with Crippen LogP contribution in [0.25, 0.3) is 0 Å². The number of benzene rings is 1. The Morgan fingerprint density at radius 2 is 1.77 bits per heavy atom. The Morgan fingerprint density at radius 3 is 2.15 bits per heavy atom. The molecule has 1 nitrogen and oxygen atoms in total. The van der Waals surface area contributed by atoms with Crippen LogP contribution in [0, 0.1) is 5.41 Å². The van der Waals surface area contributed by atoms with E-state index in [0.717, 1.165) is 12.8 Å². The standard InChI is InChI=1S/C11H11ClO/c1-11(10(12)13)6-8-4-2-3-5-9(8)7-11/h2-5H,6-7H2,1H3. The van der Waals surface area contributed by atoms with Gasteiger partial charge in [0.2, 0.25) is 5.24 Å². The van der Waals surface area contributed by atoms with Gasteiger partial charge < -0.3 is 0 Å². The minimum Gasteiger partial charge on any atom is -0.281 e. The molecule has 0 spiro atoms. The highest BCUT2D eigenvalue weighted by Gasteiger charge is 2.37. The second kappa shape index (κ2) is 2.85. The van der Waals surface area contributed by atoms with E-state index in [1.54, 1.807) is 0 Å². The number of hydrogen-bond donors (Lipinski definition) is 0. The highest BCUT2D eigenvalue weighted by molar-refractivity contribution is 6.64. The molecule has 0 unspecified atom stereocenters. The van der Waals surface area contributed by atoms with Gasteiger partial charge in [0.15, 0.2) is 0 Å². The number of carbonyl (C=O) groups is 1. The molecule has 13 heavy (non-hydrogen) atoms. The molecule has 1 aliphatic rings. The van der Waals surface area contributed by atoms with Crippen LogP contribution in [0.2, 0.25) is 0 Å². The van der Waals surface area contributed by atoms with Gasteiger partial charge in [-0.05, 0) is 35.6 Å². The van der Waals surface area contributed by atoms with Gasteiger partial charge in [0.1, 0.15) is 0 Å². The van der Waals surface area contributed by atoms with Crippen molar-refractivity contribution in [2.75, 3.05) is 0 Å². The molecular formula is C11H11ClO. The van der Waals surface area contributed by atoms with Crippen molar-refractivity contribution < 1.29 is 4.79 Å². The van der Waals surface area contributed by atoms with Crippen LogP contribution < -0.4 is 0 Å². The van der Waals surface area contributed by atoms with Gasteiger partial charge in [-0.2, -0.15) is 0 Å². The van der Waals surface area contributed by atoms with Gasteiger partial charge in [-0.3, -0.25) is 4.79 Å². The number of rotatable bonds is 1. The van der Waals surface area contributed by atoms with Gasteiger partial charge in [-0.1, -0.05) is 31.2 Å². The number of hydrogen-bond acceptors (Lipinski definition) is 1. The molecule has 0 atom stereocenters. The Balaban J connectivity index is 2.37. The van der Waals surface area contributed by atoms with Crippen LogP contribution in [-0.2, 0) is 17.6 Å². The molecule has 0 aromatic heterocycles. The predicted molar refractivity (Wildman–Crippen MR) is 52.8 cm³/mol. The van der Waals surface area contributed by atoms with Gasteiger partial charge in [-0.15, -0.1) is 0 Å². The molecular weight excluding hydrogens is 184 g/mol. The van der Waals surface area contributed by atoms with E-state index in [9.17, 15) is 4.79 Å². The molecule has 0 heterocycles. The normalized spacial score (nSPS) is 18.3. The van der Waals surface area contributed by atoms with Crippen LogP contribution in [-0.4, -0.2) is 5.24 Å². The minimum absolute atomic E-state index is 0.219. The van der Waals surface area contributed by atoms with E-state index in [1.807, 2.05) is 19.1 Å². The summed E-state index contributed by atoms with van der Waals surface area (Å²) >= 11 is 5.58. The quantitative estimate of drug-likeness (QED) is 0.628. The largest absolute Gasteiger partial charge is 0.281 e. The SMILES string of the molecule is CC1(C(=O)Cl)Cc2ccccc2C1. The third-order valence-corrected chi connectivity index (χ3v) is 3.21. The Bertz CT molecular complexity index is 332.